The minimum absolute atomic E-state index is 0.00557. The lowest BCUT2D eigenvalue weighted by molar-refractivity contribution is -0.198. The fourth-order valence-electron chi connectivity index (χ4n) is 5.74. The number of hydrogen-bond donors (Lipinski definition) is 1. The number of halogens is 4. The summed E-state index contributed by atoms with van der Waals surface area (Å²) in [6, 6.07) is 0.0669. The standard InChI is InChI=1S/C28H39F4NO3/c1-3-5-7-9-10-12-14-19(13-11-8-6-4-2)25(34)33-28-16-27(17-28,18-28)26(35)36-24-22(31)20(29)15-21(30)23(24)32/h15,19H,3-14,16-18H2,1-2H3,(H,33,34). The summed E-state index contributed by atoms with van der Waals surface area (Å²) in [5, 5.41) is 3.13. The van der Waals surface area contributed by atoms with Crippen LogP contribution in [0.25, 0.3) is 0 Å². The highest BCUT2D eigenvalue weighted by atomic mass is 19.2. The molecule has 1 amide bonds. The fourth-order valence-corrected chi connectivity index (χ4v) is 5.74. The van der Waals surface area contributed by atoms with E-state index in [0.717, 1.165) is 51.4 Å². The molecule has 3 aliphatic rings. The van der Waals surface area contributed by atoms with Crippen LogP contribution in [0.15, 0.2) is 6.07 Å². The summed E-state index contributed by atoms with van der Waals surface area (Å²) < 4.78 is 59.4. The first kappa shape index (κ1) is 28.5. The monoisotopic (exact) mass is 513 g/mol. The number of rotatable bonds is 16. The van der Waals surface area contributed by atoms with Gasteiger partial charge in [0.15, 0.2) is 11.6 Å². The number of esters is 1. The van der Waals surface area contributed by atoms with Gasteiger partial charge in [0, 0.05) is 17.5 Å². The Kier molecular flexibility index (Phi) is 9.81. The normalized spacial score (nSPS) is 22.9. The van der Waals surface area contributed by atoms with E-state index < -0.39 is 45.9 Å². The predicted molar refractivity (Wildman–Crippen MR) is 129 cm³/mol. The van der Waals surface area contributed by atoms with Crippen molar-refractivity contribution in [1.29, 1.82) is 0 Å². The average Bonchev–Trinajstić information content (AvgIpc) is 2.80. The number of benzene rings is 1. The molecule has 1 atom stereocenters. The molecule has 0 aliphatic heterocycles. The summed E-state index contributed by atoms with van der Waals surface area (Å²) in [6.45, 7) is 4.33. The Hall–Kier alpha value is -2.12. The molecular formula is C28H39F4NO3. The molecule has 1 N–H and O–H groups in total. The summed E-state index contributed by atoms with van der Waals surface area (Å²) in [6.07, 6.45) is 13.9. The Labute approximate surface area is 211 Å². The summed E-state index contributed by atoms with van der Waals surface area (Å²) in [7, 11) is 0. The quantitative estimate of drug-likeness (QED) is 0.0817. The Morgan fingerprint density at radius 2 is 1.31 bits per heavy atom. The molecule has 3 fully saturated rings. The van der Waals surface area contributed by atoms with E-state index >= 15 is 0 Å². The van der Waals surface area contributed by atoms with Gasteiger partial charge in [-0.3, -0.25) is 9.59 Å². The van der Waals surface area contributed by atoms with E-state index in [1.165, 1.54) is 25.7 Å². The zero-order valence-corrected chi connectivity index (χ0v) is 21.5. The van der Waals surface area contributed by atoms with E-state index in [0.29, 0.717) is 19.3 Å². The van der Waals surface area contributed by atoms with Crippen molar-refractivity contribution in [1.82, 2.24) is 5.32 Å². The van der Waals surface area contributed by atoms with Gasteiger partial charge in [-0.2, -0.15) is 8.78 Å². The third-order valence-electron chi connectivity index (χ3n) is 7.80. The maximum Gasteiger partial charge on any atom is 0.317 e. The van der Waals surface area contributed by atoms with Crippen LogP contribution in [-0.2, 0) is 9.59 Å². The summed E-state index contributed by atoms with van der Waals surface area (Å²) >= 11 is 0. The lowest BCUT2D eigenvalue weighted by Gasteiger charge is -2.68. The van der Waals surface area contributed by atoms with Gasteiger partial charge in [0.05, 0.1) is 5.41 Å². The number of carbonyl (C=O) groups is 2. The predicted octanol–water partition coefficient (Wildman–Crippen LogP) is 7.52. The molecule has 36 heavy (non-hydrogen) atoms. The minimum atomic E-state index is -1.74. The molecular weight excluding hydrogens is 474 g/mol. The van der Waals surface area contributed by atoms with Crippen molar-refractivity contribution in [3.05, 3.63) is 29.3 Å². The number of hydrogen-bond acceptors (Lipinski definition) is 3. The summed E-state index contributed by atoms with van der Waals surface area (Å²) in [4.78, 5) is 25.7. The van der Waals surface area contributed by atoms with Crippen LogP contribution in [0.2, 0.25) is 0 Å². The molecule has 1 unspecified atom stereocenters. The van der Waals surface area contributed by atoms with Crippen molar-refractivity contribution in [3.8, 4) is 5.75 Å². The second kappa shape index (κ2) is 12.4. The largest absolute Gasteiger partial charge is 0.420 e. The van der Waals surface area contributed by atoms with E-state index in [1.807, 2.05) is 0 Å². The molecule has 0 radical (unpaired) electrons. The van der Waals surface area contributed by atoms with Crippen molar-refractivity contribution in [2.24, 2.45) is 11.3 Å². The summed E-state index contributed by atoms with van der Waals surface area (Å²) in [5.74, 6) is -9.08. The van der Waals surface area contributed by atoms with Crippen LogP contribution in [-0.4, -0.2) is 17.4 Å². The van der Waals surface area contributed by atoms with Gasteiger partial charge >= 0.3 is 5.97 Å². The number of amides is 1. The molecule has 2 bridgehead atoms. The van der Waals surface area contributed by atoms with Gasteiger partial charge in [-0.1, -0.05) is 78.1 Å². The number of unbranched alkanes of at least 4 members (excludes halogenated alkanes) is 8. The van der Waals surface area contributed by atoms with Gasteiger partial charge in [-0.05, 0) is 32.1 Å². The summed E-state index contributed by atoms with van der Waals surface area (Å²) in [5.41, 5.74) is -1.49. The number of ether oxygens (including phenoxy) is 1. The van der Waals surface area contributed by atoms with Gasteiger partial charge in [-0.25, -0.2) is 8.78 Å². The van der Waals surface area contributed by atoms with Crippen LogP contribution < -0.4 is 10.1 Å². The third-order valence-corrected chi connectivity index (χ3v) is 7.80. The highest BCUT2D eigenvalue weighted by Gasteiger charge is 2.73. The topological polar surface area (TPSA) is 55.4 Å². The molecule has 4 rings (SSSR count). The molecule has 0 heterocycles. The zero-order valence-electron chi connectivity index (χ0n) is 21.5. The molecule has 202 valence electrons. The van der Waals surface area contributed by atoms with Crippen LogP contribution >= 0.6 is 0 Å². The Balaban J connectivity index is 1.51. The van der Waals surface area contributed by atoms with Gasteiger partial charge in [0.25, 0.3) is 0 Å². The molecule has 0 spiro atoms. The molecule has 0 aromatic heterocycles. The van der Waals surface area contributed by atoms with Gasteiger partial charge in [0.2, 0.25) is 23.3 Å². The Bertz CT molecular complexity index is 890. The van der Waals surface area contributed by atoms with E-state index in [2.05, 4.69) is 19.2 Å². The highest BCUT2D eigenvalue weighted by Crippen LogP contribution is 2.67. The van der Waals surface area contributed by atoms with Crippen LogP contribution in [0.5, 0.6) is 5.75 Å². The van der Waals surface area contributed by atoms with E-state index in [1.54, 1.807) is 0 Å². The van der Waals surface area contributed by atoms with Gasteiger partial charge in [-0.15, -0.1) is 0 Å². The minimum Gasteiger partial charge on any atom is -0.420 e. The maximum atomic E-state index is 13.9. The van der Waals surface area contributed by atoms with E-state index in [9.17, 15) is 27.2 Å². The van der Waals surface area contributed by atoms with Crippen molar-refractivity contribution in [2.75, 3.05) is 0 Å². The van der Waals surface area contributed by atoms with E-state index in [-0.39, 0.29) is 17.9 Å². The molecule has 8 heteroatoms. The van der Waals surface area contributed by atoms with Crippen LogP contribution in [0, 0.1) is 34.6 Å². The number of carbonyl (C=O) groups excluding carboxylic acids is 2. The lowest BCUT2D eigenvalue weighted by Crippen LogP contribution is -2.77. The molecule has 0 saturated heterocycles. The van der Waals surface area contributed by atoms with Crippen LogP contribution in [0.4, 0.5) is 17.6 Å². The molecule has 1 aromatic carbocycles. The molecule has 3 saturated carbocycles. The second-order valence-corrected chi connectivity index (χ2v) is 10.9. The average molecular weight is 514 g/mol. The molecule has 3 aliphatic carbocycles. The first-order valence-corrected chi connectivity index (χ1v) is 13.5. The fraction of sp³-hybridized carbons (Fsp3) is 0.714. The Morgan fingerprint density at radius 3 is 1.83 bits per heavy atom. The van der Waals surface area contributed by atoms with Gasteiger partial charge in [0.1, 0.15) is 0 Å². The highest BCUT2D eigenvalue weighted by molar-refractivity contribution is 5.87. The van der Waals surface area contributed by atoms with Gasteiger partial charge < -0.3 is 10.1 Å². The zero-order chi connectivity index (χ0) is 26.3. The molecule has 1 aromatic rings. The molecule has 4 nitrogen and oxygen atoms in total. The van der Waals surface area contributed by atoms with E-state index in [4.69, 9.17) is 4.74 Å². The lowest BCUT2D eigenvalue weighted by atomic mass is 9.39. The SMILES string of the molecule is CCCCCCCCC(CCCCCC)C(=O)NC12CC(C(=O)Oc3c(F)c(F)cc(F)c3F)(C1)C2. The first-order chi connectivity index (χ1) is 17.2. The first-order valence-electron chi connectivity index (χ1n) is 13.5. The van der Waals surface area contributed by atoms with Crippen molar-refractivity contribution in [2.45, 2.75) is 116 Å². The number of nitrogens with one attached hydrogen (secondary N) is 1. The van der Waals surface area contributed by atoms with Crippen LogP contribution in [0.1, 0.15) is 110 Å². The maximum absolute atomic E-state index is 13.9. The Morgan fingerprint density at radius 1 is 0.833 bits per heavy atom. The second-order valence-electron chi connectivity index (χ2n) is 10.9. The smallest absolute Gasteiger partial charge is 0.317 e. The van der Waals surface area contributed by atoms with Crippen molar-refractivity contribution < 1.29 is 31.9 Å². The van der Waals surface area contributed by atoms with Crippen molar-refractivity contribution >= 4 is 11.9 Å². The third kappa shape index (κ3) is 6.41. The van der Waals surface area contributed by atoms with Crippen LogP contribution in [0.3, 0.4) is 0 Å². The van der Waals surface area contributed by atoms with Crippen molar-refractivity contribution in [3.63, 3.8) is 0 Å².